The van der Waals surface area contributed by atoms with E-state index in [1.54, 1.807) is 17.0 Å². The van der Waals surface area contributed by atoms with Crippen molar-refractivity contribution in [2.75, 3.05) is 23.3 Å². The minimum absolute atomic E-state index is 0.0513. The number of nitrogens with zero attached hydrogens (tertiary/aromatic N) is 3. The topological polar surface area (TPSA) is 76.4 Å². The third-order valence-corrected chi connectivity index (χ3v) is 4.72. The lowest BCUT2D eigenvalue weighted by Gasteiger charge is -2.36. The van der Waals surface area contributed by atoms with Crippen LogP contribution >= 0.6 is 0 Å². The van der Waals surface area contributed by atoms with Gasteiger partial charge in [0.1, 0.15) is 0 Å². The van der Waals surface area contributed by atoms with Gasteiger partial charge in [-0.2, -0.15) is 5.26 Å². The Morgan fingerprint density at radius 1 is 1.18 bits per heavy atom. The smallest absolute Gasteiger partial charge is 0.324 e. The van der Waals surface area contributed by atoms with Gasteiger partial charge in [0.15, 0.2) is 0 Å². The molecule has 2 aromatic rings. The predicted molar refractivity (Wildman–Crippen MR) is 109 cm³/mol. The van der Waals surface area contributed by atoms with Gasteiger partial charge in [-0.05, 0) is 42.3 Å². The first kappa shape index (κ1) is 19.4. The maximum atomic E-state index is 13.0. The molecular formula is C22H24N4O2. The van der Waals surface area contributed by atoms with Crippen molar-refractivity contribution in [2.45, 2.75) is 26.8 Å². The lowest BCUT2D eigenvalue weighted by molar-refractivity contribution is -0.118. The number of hydrogen-bond acceptors (Lipinski definition) is 3. The molecule has 0 unspecified atom stereocenters. The molecule has 0 spiro atoms. The second kappa shape index (κ2) is 8.57. The van der Waals surface area contributed by atoms with E-state index in [1.807, 2.05) is 55.1 Å². The van der Waals surface area contributed by atoms with Gasteiger partial charge in [-0.15, -0.1) is 0 Å². The first-order valence-corrected chi connectivity index (χ1v) is 9.44. The number of carbonyl (C=O) groups excluding carboxylic acids is 2. The standard InChI is InChI=1S/C22H24N4O2/c1-16(2)21(27)24-19-5-3-6-20(13-19)26-12-4-11-25(22(26)28)15-18-9-7-17(14-23)8-10-18/h3,5-10,13,16H,4,11-12,15H2,1-2H3,(H,24,27). The maximum Gasteiger partial charge on any atom is 0.324 e. The van der Waals surface area contributed by atoms with E-state index >= 15 is 0 Å². The van der Waals surface area contributed by atoms with Gasteiger partial charge in [0, 0.05) is 36.9 Å². The zero-order valence-electron chi connectivity index (χ0n) is 16.2. The van der Waals surface area contributed by atoms with Crippen molar-refractivity contribution in [3.05, 3.63) is 59.7 Å². The van der Waals surface area contributed by atoms with E-state index in [1.165, 1.54) is 0 Å². The predicted octanol–water partition coefficient (Wildman–Crippen LogP) is 3.99. The molecule has 1 saturated heterocycles. The Bertz CT molecular complexity index is 899. The van der Waals surface area contributed by atoms with Gasteiger partial charge >= 0.3 is 6.03 Å². The lowest BCUT2D eigenvalue weighted by atomic mass is 10.1. The molecule has 1 aliphatic rings. The highest BCUT2D eigenvalue weighted by Crippen LogP contribution is 2.24. The Morgan fingerprint density at radius 3 is 2.61 bits per heavy atom. The van der Waals surface area contributed by atoms with Gasteiger partial charge in [0.2, 0.25) is 5.91 Å². The maximum absolute atomic E-state index is 13.0. The molecule has 0 aliphatic carbocycles. The second-order valence-electron chi connectivity index (χ2n) is 7.21. The molecule has 3 rings (SSSR count). The molecule has 144 valence electrons. The highest BCUT2D eigenvalue weighted by Gasteiger charge is 2.27. The molecule has 0 aromatic heterocycles. The van der Waals surface area contributed by atoms with Crippen molar-refractivity contribution in [3.63, 3.8) is 0 Å². The van der Waals surface area contributed by atoms with E-state index in [9.17, 15) is 9.59 Å². The third kappa shape index (κ3) is 4.49. The molecule has 0 radical (unpaired) electrons. The summed E-state index contributed by atoms with van der Waals surface area (Å²) in [5.74, 6) is -0.159. The van der Waals surface area contributed by atoms with Gasteiger partial charge in [-0.25, -0.2) is 4.79 Å². The van der Waals surface area contributed by atoms with Crippen LogP contribution in [-0.2, 0) is 11.3 Å². The monoisotopic (exact) mass is 376 g/mol. The summed E-state index contributed by atoms with van der Waals surface area (Å²) < 4.78 is 0. The molecule has 2 aromatic carbocycles. The van der Waals surface area contributed by atoms with Crippen LogP contribution in [-0.4, -0.2) is 29.9 Å². The fourth-order valence-corrected chi connectivity index (χ4v) is 3.11. The Morgan fingerprint density at radius 2 is 1.93 bits per heavy atom. The van der Waals surface area contributed by atoms with Crippen molar-refractivity contribution < 1.29 is 9.59 Å². The summed E-state index contributed by atoms with van der Waals surface area (Å²) in [4.78, 5) is 28.5. The number of amides is 3. The molecule has 0 bridgehead atoms. The molecule has 1 N–H and O–H groups in total. The molecule has 3 amide bonds. The van der Waals surface area contributed by atoms with E-state index in [4.69, 9.17) is 5.26 Å². The van der Waals surface area contributed by atoms with Gasteiger partial charge < -0.3 is 10.2 Å². The van der Waals surface area contributed by atoms with Gasteiger partial charge in [0.25, 0.3) is 0 Å². The average Bonchev–Trinajstić information content (AvgIpc) is 2.70. The number of rotatable bonds is 5. The highest BCUT2D eigenvalue weighted by molar-refractivity contribution is 5.95. The first-order valence-electron chi connectivity index (χ1n) is 9.44. The first-order chi connectivity index (χ1) is 13.5. The number of hydrogen-bond donors (Lipinski definition) is 1. The molecular weight excluding hydrogens is 352 g/mol. The number of carbonyl (C=O) groups is 2. The molecule has 0 atom stereocenters. The SMILES string of the molecule is CC(C)C(=O)Nc1cccc(N2CCCN(Cc3ccc(C#N)cc3)C2=O)c1. The minimum atomic E-state index is -0.108. The Hall–Kier alpha value is -3.33. The van der Waals surface area contributed by atoms with Crippen LogP contribution < -0.4 is 10.2 Å². The van der Waals surface area contributed by atoms with Gasteiger partial charge in [0.05, 0.1) is 11.6 Å². The number of benzene rings is 2. The molecule has 1 aliphatic heterocycles. The average molecular weight is 376 g/mol. The number of urea groups is 1. The number of nitrogens with one attached hydrogen (secondary N) is 1. The van der Waals surface area contributed by atoms with Crippen LogP contribution in [0.2, 0.25) is 0 Å². The van der Waals surface area contributed by atoms with E-state index < -0.39 is 0 Å². The van der Waals surface area contributed by atoms with Crippen LogP contribution in [0.5, 0.6) is 0 Å². The van der Waals surface area contributed by atoms with E-state index in [0.29, 0.717) is 30.9 Å². The number of nitriles is 1. The summed E-state index contributed by atoms with van der Waals surface area (Å²) >= 11 is 0. The summed E-state index contributed by atoms with van der Waals surface area (Å²) in [6.45, 7) is 5.52. The van der Waals surface area contributed by atoms with Crippen LogP contribution in [0.1, 0.15) is 31.4 Å². The van der Waals surface area contributed by atoms with Crippen LogP contribution in [0.4, 0.5) is 16.2 Å². The van der Waals surface area contributed by atoms with Crippen molar-refractivity contribution in [1.29, 1.82) is 5.26 Å². The van der Waals surface area contributed by atoms with Crippen LogP contribution in [0.3, 0.4) is 0 Å². The Labute approximate surface area is 165 Å². The molecule has 0 saturated carbocycles. The summed E-state index contributed by atoms with van der Waals surface area (Å²) in [5, 5.41) is 11.8. The summed E-state index contributed by atoms with van der Waals surface area (Å²) in [7, 11) is 0. The second-order valence-corrected chi connectivity index (χ2v) is 7.21. The third-order valence-electron chi connectivity index (χ3n) is 4.72. The quantitative estimate of drug-likeness (QED) is 0.857. The molecule has 28 heavy (non-hydrogen) atoms. The van der Waals surface area contributed by atoms with Crippen molar-refractivity contribution in [2.24, 2.45) is 5.92 Å². The van der Waals surface area contributed by atoms with E-state index in [-0.39, 0.29) is 17.9 Å². The van der Waals surface area contributed by atoms with Gasteiger partial charge in [-0.3, -0.25) is 9.69 Å². The number of anilines is 2. The summed E-state index contributed by atoms with van der Waals surface area (Å²) in [5.41, 5.74) is 3.06. The lowest BCUT2D eigenvalue weighted by Crippen LogP contribution is -2.49. The normalized spacial score (nSPS) is 14.1. The zero-order chi connectivity index (χ0) is 20.1. The molecule has 1 heterocycles. The fourth-order valence-electron chi connectivity index (χ4n) is 3.11. The zero-order valence-corrected chi connectivity index (χ0v) is 16.2. The van der Waals surface area contributed by atoms with Crippen molar-refractivity contribution >= 4 is 23.3 Å². The summed E-state index contributed by atoms with van der Waals surface area (Å²) in [6, 6.07) is 16.7. The fraction of sp³-hybridized carbons (Fsp3) is 0.318. The van der Waals surface area contributed by atoms with Crippen LogP contribution in [0, 0.1) is 17.2 Å². The molecule has 6 nitrogen and oxygen atoms in total. The van der Waals surface area contributed by atoms with Crippen molar-refractivity contribution in [3.8, 4) is 6.07 Å². The van der Waals surface area contributed by atoms with Gasteiger partial charge in [-0.1, -0.05) is 32.0 Å². The summed E-state index contributed by atoms with van der Waals surface area (Å²) in [6.07, 6.45) is 0.866. The molecule has 1 fully saturated rings. The van der Waals surface area contributed by atoms with Crippen LogP contribution in [0.25, 0.3) is 0 Å². The van der Waals surface area contributed by atoms with Crippen LogP contribution in [0.15, 0.2) is 48.5 Å². The van der Waals surface area contributed by atoms with Crippen molar-refractivity contribution in [1.82, 2.24) is 4.90 Å². The van der Waals surface area contributed by atoms with E-state index in [0.717, 1.165) is 17.7 Å². The Balaban J connectivity index is 1.73. The highest BCUT2D eigenvalue weighted by atomic mass is 16.2. The largest absolute Gasteiger partial charge is 0.326 e. The molecule has 6 heteroatoms. The van der Waals surface area contributed by atoms with E-state index in [2.05, 4.69) is 11.4 Å². The Kier molecular flexibility index (Phi) is 5.95. The minimum Gasteiger partial charge on any atom is -0.326 e.